The standard InChI is InChI=1S/C16H14Se/c1-12-6-8-13(9-7-12)10-15-11-14-4-2-3-5-16(14)17-15/h2-9,11H,10H2,1H3. The first-order chi connectivity index (χ1) is 8.31. The number of hydrogen-bond acceptors (Lipinski definition) is 0. The zero-order valence-electron chi connectivity index (χ0n) is 9.81. The fourth-order valence-electron chi connectivity index (χ4n) is 2.03. The molecule has 0 bridgehead atoms. The first kappa shape index (κ1) is 10.8. The topological polar surface area (TPSA) is 0 Å². The summed E-state index contributed by atoms with van der Waals surface area (Å²) in [6.45, 7) is 2.14. The van der Waals surface area contributed by atoms with Crippen molar-refractivity contribution >= 4 is 24.1 Å². The Kier molecular flexibility index (Phi) is 2.88. The van der Waals surface area contributed by atoms with Crippen LogP contribution in [0, 0.1) is 6.92 Å². The van der Waals surface area contributed by atoms with Crippen molar-refractivity contribution in [2.45, 2.75) is 13.3 Å². The molecular weight excluding hydrogens is 271 g/mol. The molecule has 0 saturated heterocycles. The molecule has 0 amide bonds. The van der Waals surface area contributed by atoms with Gasteiger partial charge in [0.25, 0.3) is 0 Å². The van der Waals surface area contributed by atoms with Crippen LogP contribution in [-0.4, -0.2) is 14.5 Å². The molecule has 2 aromatic carbocycles. The molecule has 1 heterocycles. The maximum atomic E-state index is 2.37. The fourth-order valence-corrected chi connectivity index (χ4v) is 4.34. The Bertz CT molecular complexity index is 599. The van der Waals surface area contributed by atoms with Crippen molar-refractivity contribution in [1.29, 1.82) is 0 Å². The van der Waals surface area contributed by atoms with Gasteiger partial charge in [-0.15, -0.1) is 0 Å². The van der Waals surface area contributed by atoms with Gasteiger partial charge in [0.05, 0.1) is 0 Å². The summed E-state index contributed by atoms with van der Waals surface area (Å²) in [5, 5.41) is 1.43. The summed E-state index contributed by atoms with van der Waals surface area (Å²) in [6, 6.07) is 20.0. The molecule has 0 unspecified atom stereocenters. The van der Waals surface area contributed by atoms with Crippen molar-refractivity contribution in [1.82, 2.24) is 0 Å². The predicted molar refractivity (Wildman–Crippen MR) is 74.9 cm³/mol. The average molecular weight is 285 g/mol. The van der Waals surface area contributed by atoms with Gasteiger partial charge in [0, 0.05) is 0 Å². The summed E-state index contributed by atoms with van der Waals surface area (Å²) in [4.78, 5) is 0. The minimum absolute atomic E-state index is 0.529. The molecule has 84 valence electrons. The van der Waals surface area contributed by atoms with E-state index in [1.807, 2.05) is 0 Å². The third kappa shape index (κ3) is 2.36. The SMILES string of the molecule is Cc1ccc(Cc2cc3ccccc3[se]2)cc1. The molecule has 0 nitrogen and oxygen atoms in total. The molecule has 0 aliphatic heterocycles. The van der Waals surface area contributed by atoms with Crippen LogP contribution in [0.15, 0.2) is 54.6 Å². The molecule has 3 aromatic rings. The summed E-state index contributed by atoms with van der Waals surface area (Å²) in [6.07, 6.45) is 1.11. The molecule has 0 aliphatic rings. The van der Waals surface area contributed by atoms with E-state index < -0.39 is 0 Å². The van der Waals surface area contributed by atoms with Gasteiger partial charge in [0.1, 0.15) is 0 Å². The van der Waals surface area contributed by atoms with E-state index in [1.54, 1.807) is 4.44 Å². The molecule has 0 N–H and O–H groups in total. The monoisotopic (exact) mass is 286 g/mol. The first-order valence-corrected chi connectivity index (χ1v) is 7.55. The van der Waals surface area contributed by atoms with Crippen LogP contribution in [0.1, 0.15) is 15.6 Å². The third-order valence-electron chi connectivity index (χ3n) is 2.98. The van der Waals surface area contributed by atoms with Crippen LogP contribution in [0.3, 0.4) is 0 Å². The van der Waals surface area contributed by atoms with Crippen LogP contribution >= 0.6 is 0 Å². The van der Waals surface area contributed by atoms with Gasteiger partial charge < -0.3 is 0 Å². The van der Waals surface area contributed by atoms with E-state index in [-0.39, 0.29) is 0 Å². The second-order valence-electron chi connectivity index (χ2n) is 4.41. The van der Waals surface area contributed by atoms with Crippen molar-refractivity contribution in [3.8, 4) is 0 Å². The van der Waals surface area contributed by atoms with Gasteiger partial charge in [-0.3, -0.25) is 0 Å². The summed E-state index contributed by atoms with van der Waals surface area (Å²) in [7, 11) is 0. The van der Waals surface area contributed by atoms with Crippen molar-refractivity contribution in [2.24, 2.45) is 0 Å². The first-order valence-electron chi connectivity index (χ1n) is 5.84. The number of rotatable bonds is 2. The normalized spacial score (nSPS) is 10.9. The molecule has 17 heavy (non-hydrogen) atoms. The van der Waals surface area contributed by atoms with Crippen molar-refractivity contribution < 1.29 is 0 Å². The van der Waals surface area contributed by atoms with Crippen LogP contribution in [0.5, 0.6) is 0 Å². The van der Waals surface area contributed by atoms with Crippen molar-refractivity contribution in [3.05, 3.63) is 70.2 Å². The molecule has 0 aliphatic carbocycles. The van der Waals surface area contributed by atoms with Gasteiger partial charge in [-0.25, -0.2) is 0 Å². The van der Waals surface area contributed by atoms with Gasteiger partial charge in [-0.1, -0.05) is 0 Å². The van der Waals surface area contributed by atoms with Crippen LogP contribution < -0.4 is 0 Å². The Labute approximate surface area is 108 Å². The number of hydrogen-bond donors (Lipinski definition) is 0. The molecule has 0 atom stereocenters. The van der Waals surface area contributed by atoms with Gasteiger partial charge in [-0.2, -0.15) is 0 Å². The van der Waals surface area contributed by atoms with E-state index in [0.29, 0.717) is 14.5 Å². The second-order valence-corrected chi connectivity index (χ2v) is 6.86. The Hall–Kier alpha value is -1.30. The van der Waals surface area contributed by atoms with E-state index in [2.05, 4.69) is 61.5 Å². The fraction of sp³-hybridized carbons (Fsp3) is 0.125. The number of fused-ring (bicyclic) bond motifs is 1. The second kappa shape index (κ2) is 4.52. The molecular formula is C16H14Se. The van der Waals surface area contributed by atoms with Gasteiger partial charge in [0.15, 0.2) is 0 Å². The van der Waals surface area contributed by atoms with Crippen LogP contribution in [-0.2, 0) is 6.42 Å². The van der Waals surface area contributed by atoms with E-state index in [1.165, 1.54) is 20.8 Å². The van der Waals surface area contributed by atoms with Crippen LogP contribution in [0.4, 0.5) is 0 Å². The van der Waals surface area contributed by atoms with E-state index >= 15 is 0 Å². The van der Waals surface area contributed by atoms with E-state index in [9.17, 15) is 0 Å². The Morgan fingerprint density at radius 1 is 0.941 bits per heavy atom. The van der Waals surface area contributed by atoms with E-state index in [0.717, 1.165) is 6.42 Å². The van der Waals surface area contributed by atoms with Gasteiger partial charge >= 0.3 is 108 Å². The minimum atomic E-state index is 0.529. The van der Waals surface area contributed by atoms with Crippen LogP contribution in [0.2, 0.25) is 0 Å². The summed E-state index contributed by atoms with van der Waals surface area (Å²) < 4.78 is 3.12. The molecule has 1 aromatic heterocycles. The molecule has 3 rings (SSSR count). The zero-order chi connectivity index (χ0) is 11.7. The molecule has 0 fully saturated rings. The average Bonchev–Trinajstić information content (AvgIpc) is 2.74. The number of benzene rings is 2. The number of aryl methyl sites for hydroxylation is 1. The quantitative estimate of drug-likeness (QED) is 0.628. The molecule has 0 saturated carbocycles. The third-order valence-corrected chi connectivity index (χ3v) is 5.32. The van der Waals surface area contributed by atoms with Gasteiger partial charge in [-0.05, 0) is 0 Å². The Morgan fingerprint density at radius 3 is 2.47 bits per heavy atom. The summed E-state index contributed by atoms with van der Waals surface area (Å²) >= 11 is 0.529. The molecule has 0 radical (unpaired) electrons. The molecule has 0 spiro atoms. The summed E-state index contributed by atoms with van der Waals surface area (Å²) in [5.41, 5.74) is 2.76. The molecule has 1 heteroatoms. The van der Waals surface area contributed by atoms with E-state index in [4.69, 9.17) is 0 Å². The predicted octanol–water partition coefficient (Wildman–Crippen LogP) is 3.80. The Balaban J connectivity index is 1.92. The maximum absolute atomic E-state index is 2.37. The van der Waals surface area contributed by atoms with Crippen molar-refractivity contribution in [3.63, 3.8) is 0 Å². The summed E-state index contributed by atoms with van der Waals surface area (Å²) in [5.74, 6) is 0. The van der Waals surface area contributed by atoms with Crippen molar-refractivity contribution in [2.75, 3.05) is 0 Å². The van der Waals surface area contributed by atoms with Gasteiger partial charge in [0.2, 0.25) is 0 Å². The Morgan fingerprint density at radius 2 is 1.71 bits per heavy atom. The zero-order valence-corrected chi connectivity index (χ0v) is 11.5. The van der Waals surface area contributed by atoms with Crippen LogP contribution in [0.25, 0.3) is 9.65 Å².